The molecule has 6 heteroatoms. The fraction of sp³-hybridized carbons (Fsp3) is 0.0833. The van der Waals surface area contributed by atoms with Crippen molar-refractivity contribution in [1.82, 2.24) is 0 Å². The lowest BCUT2D eigenvalue weighted by Crippen LogP contribution is -2.28. The lowest BCUT2D eigenvalue weighted by atomic mass is 10.1. The molecule has 0 saturated heterocycles. The van der Waals surface area contributed by atoms with Crippen molar-refractivity contribution in [3.05, 3.63) is 36.4 Å². The molecule has 0 saturated carbocycles. The van der Waals surface area contributed by atoms with Crippen LogP contribution in [0.25, 0.3) is 10.8 Å². The van der Waals surface area contributed by atoms with Crippen LogP contribution in [0.1, 0.15) is 0 Å². The molecule has 0 unspecified atom stereocenters. The normalized spacial score (nSPS) is 11.5. The third-order valence-corrected chi connectivity index (χ3v) is 2.30. The van der Waals surface area contributed by atoms with Crippen LogP contribution < -0.4 is 4.74 Å². The van der Waals surface area contributed by atoms with Crippen molar-refractivity contribution in [1.29, 1.82) is 0 Å². The number of phenolic OH excluding ortho intramolecular Hbond substituents is 1. The first-order valence-electron chi connectivity index (χ1n) is 4.89. The van der Waals surface area contributed by atoms with E-state index in [-0.39, 0.29) is 16.9 Å². The number of alkyl halides is 3. The van der Waals surface area contributed by atoms with E-state index in [0.29, 0.717) is 5.39 Å². The van der Waals surface area contributed by atoms with E-state index < -0.39 is 12.1 Å². The second-order valence-corrected chi connectivity index (χ2v) is 3.52. The summed E-state index contributed by atoms with van der Waals surface area (Å²) in [5, 5.41) is 10.1. The molecule has 2 rings (SSSR count). The zero-order valence-corrected chi connectivity index (χ0v) is 8.86. The molecular weight excluding hydrogens is 249 g/mol. The van der Waals surface area contributed by atoms with Gasteiger partial charge in [0.25, 0.3) is 0 Å². The first-order valence-corrected chi connectivity index (χ1v) is 4.89. The van der Waals surface area contributed by atoms with E-state index in [1.165, 1.54) is 18.2 Å². The first-order chi connectivity index (χ1) is 8.39. The molecule has 0 radical (unpaired) electrons. The van der Waals surface area contributed by atoms with Crippen LogP contribution in [0.3, 0.4) is 0 Å². The molecule has 18 heavy (non-hydrogen) atoms. The molecule has 0 amide bonds. The van der Waals surface area contributed by atoms with Gasteiger partial charge in [-0.25, -0.2) is 4.79 Å². The topological polar surface area (TPSA) is 46.5 Å². The second kappa shape index (κ2) is 4.21. The maximum atomic E-state index is 12.1. The van der Waals surface area contributed by atoms with Gasteiger partial charge in [-0.2, -0.15) is 13.2 Å². The van der Waals surface area contributed by atoms with Gasteiger partial charge in [-0.1, -0.05) is 24.3 Å². The number of esters is 1. The van der Waals surface area contributed by atoms with Crippen molar-refractivity contribution in [2.75, 3.05) is 0 Å². The lowest BCUT2D eigenvalue weighted by Gasteiger charge is -2.10. The number of ether oxygens (including phenoxy) is 1. The first kappa shape index (κ1) is 12.2. The highest BCUT2D eigenvalue weighted by Crippen LogP contribution is 2.33. The number of hydrogen-bond donors (Lipinski definition) is 1. The van der Waals surface area contributed by atoms with E-state index in [1.807, 2.05) is 0 Å². The number of hydrogen-bond acceptors (Lipinski definition) is 3. The van der Waals surface area contributed by atoms with Crippen molar-refractivity contribution < 1.29 is 27.8 Å². The van der Waals surface area contributed by atoms with Gasteiger partial charge in [-0.15, -0.1) is 0 Å². The molecule has 3 nitrogen and oxygen atoms in total. The minimum atomic E-state index is -5.06. The summed E-state index contributed by atoms with van der Waals surface area (Å²) in [6, 6.07) is 8.41. The van der Waals surface area contributed by atoms with Crippen LogP contribution in [0.15, 0.2) is 36.4 Å². The van der Waals surface area contributed by atoms with Gasteiger partial charge in [-0.3, -0.25) is 0 Å². The zero-order chi connectivity index (χ0) is 13.3. The molecule has 0 bridgehead atoms. The van der Waals surface area contributed by atoms with Gasteiger partial charge < -0.3 is 9.84 Å². The lowest BCUT2D eigenvalue weighted by molar-refractivity contribution is -0.189. The number of benzene rings is 2. The molecule has 0 spiro atoms. The van der Waals surface area contributed by atoms with Crippen LogP contribution in [0.4, 0.5) is 13.2 Å². The summed E-state index contributed by atoms with van der Waals surface area (Å²) in [6.45, 7) is 0. The Morgan fingerprint density at radius 1 is 1.06 bits per heavy atom. The molecule has 1 N–H and O–H groups in total. The van der Waals surface area contributed by atoms with Gasteiger partial charge in [0.05, 0.1) is 0 Å². The highest BCUT2D eigenvalue weighted by Gasteiger charge is 2.41. The summed E-state index contributed by atoms with van der Waals surface area (Å²) in [5.41, 5.74) is 0. The predicted octanol–water partition coefficient (Wildman–Crippen LogP) is 3.01. The fourth-order valence-electron chi connectivity index (χ4n) is 1.50. The number of rotatable bonds is 1. The van der Waals surface area contributed by atoms with E-state index in [2.05, 4.69) is 4.74 Å². The number of carbonyl (C=O) groups is 1. The molecule has 2 aromatic rings. The Hall–Kier alpha value is -2.24. The van der Waals surface area contributed by atoms with Gasteiger partial charge >= 0.3 is 12.1 Å². The van der Waals surface area contributed by atoms with Crippen molar-refractivity contribution >= 4 is 16.7 Å². The number of fused-ring (bicyclic) bond motifs is 1. The van der Waals surface area contributed by atoms with Crippen LogP contribution in [0.5, 0.6) is 11.5 Å². The maximum Gasteiger partial charge on any atom is 0.491 e. The Morgan fingerprint density at radius 2 is 1.67 bits per heavy atom. The minimum Gasteiger partial charge on any atom is -0.507 e. The highest BCUT2D eigenvalue weighted by molar-refractivity contribution is 5.94. The molecule has 0 fully saturated rings. The number of phenols is 1. The number of carbonyl (C=O) groups excluding carboxylic acids is 1. The van der Waals surface area contributed by atoms with Gasteiger partial charge in [0.1, 0.15) is 11.5 Å². The molecular formula is C12H7F3O3. The molecule has 0 aliphatic heterocycles. The Morgan fingerprint density at radius 3 is 2.28 bits per heavy atom. The van der Waals surface area contributed by atoms with Gasteiger partial charge in [0, 0.05) is 10.8 Å². The van der Waals surface area contributed by atoms with Crippen molar-refractivity contribution in [3.63, 3.8) is 0 Å². The Kier molecular flexibility index (Phi) is 2.86. The van der Waals surface area contributed by atoms with E-state index in [9.17, 15) is 23.1 Å². The molecule has 2 aromatic carbocycles. The van der Waals surface area contributed by atoms with Crippen molar-refractivity contribution in [2.45, 2.75) is 6.18 Å². The molecule has 0 atom stereocenters. The quantitative estimate of drug-likeness (QED) is 0.630. The Labute approximate surface area is 99.4 Å². The van der Waals surface area contributed by atoms with Gasteiger partial charge in [-0.05, 0) is 12.1 Å². The third kappa shape index (κ3) is 2.22. The van der Waals surface area contributed by atoms with Gasteiger partial charge in [0.15, 0.2) is 0 Å². The fourth-order valence-corrected chi connectivity index (χ4v) is 1.50. The van der Waals surface area contributed by atoms with Crippen LogP contribution in [0, 0.1) is 0 Å². The molecule has 94 valence electrons. The van der Waals surface area contributed by atoms with Crippen molar-refractivity contribution in [2.24, 2.45) is 0 Å². The Balaban J connectivity index is 2.47. The summed E-state index contributed by atoms with van der Waals surface area (Å²) in [7, 11) is 0. The molecule has 0 aliphatic rings. The van der Waals surface area contributed by atoms with E-state index in [1.54, 1.807) is 12.1 Å². The summed E-state index contributed by atoms with van der Waals surface area (Å²) in [5.74, 6) is -2.64. The van der Waals surface area contributed by atoms with E-state index in [4.69, 9.17) is 0 Å². The summed E-state index contributed by atoms with van der Waals surface area (Å²) >= 11 is 0. The zero-order valence-electron chi connectivity index (χ0n) is 8.86. The number of aromatic hydroxyl groups is 1. The van der Waals surface area contributed by atoms with Crippen LogP contribution >= 0.6 is 0 Å². The van der Waals surface area contributed by atoms with Crippen LogP contribution in [-0.4, -0.2) is 17.3 Å². The second-order valence-electron chi connectivity index (χ2n) is 3.52. The monoisotopic (exact) mass is 256 g/mol. The maximum absolute atomic E-state index is 12.1. The average Bonchev–Trinajstić information content (AvgIpc) is 2.32. The SMILES string of the molecule is O=C(Oc1ccc(O)c2ccccc12)C(F)(F)F. The molecule has 0 aliphatic carbocycles. The average molecular weight is 256 g/mol. The van der Waals surface area contributed by atoms with Gasteiger partial charge in [0.2, 0.25) is 0 Å². The summed E-state index contributed by atoms with van der Waals surface area (Å²) in [4.78, 5) is 10.8. The van der Waals surface area contributed by atoms with Crippen LogP contribution in [-0.2, 0) is 4.79 Å². The van der Waals surface area contributed by atoms with E-state index >= 15 is 0 Å². The Bertz CT molecular complexity index is 605. The van der Waals surface area contributed by atoms with E-state index in [0.717, 1.165) is 6.07 Å². The summed E-state index contributed by atoms with van der Waals surface area (Å²) in [6.07, 6.45) is -5.06. The van der Waals surface area contributed by atoms with Crippen LogP contribution in [0.2, 0.25) is 0 Å². The van der Waals surface area contributed by atoms with Crippen molar-refractivity contribution in [3.8, 4) is 11.5 Å². The summed E-state index contributed by atoms with van der Waals surface area (Å²) < 4.78 is 40.5. The predicted molar refractivity (Wildman–Crippen MR) is 57.3 cm³/mol. The third-order valence-electron chi connectivity index (χ3n) is 2.30. The number of halogens is 3. The minimum absolute atomic E-state index is 0.0996. The molecule has 0 aromatic heterocycles. The molecule has 0 heterocycles. The largest absolute Gasteiger partial charge is 0.507 e. The smallest absolute Gasteiger partial charge is 0.491 e. The standard InChI is InChI=1S/C12H7F3O3/c13-12(14,15)11(17)18-10-6-5-9(16)7-3-1-2-4-8(7)10/h1-6,16H. The highest BCUT2D eigenvalue weighted by atomic mass is 19.4.